The molecule has 1 fully saturated rings. The third-order valence-electron chi connectivity index (χ3n) is 11.5. The quantitative estimate of drug-likeness (QED) is 0.0530. The predicted molar refractivity (Wildman–Crippen MR) is 217 cm³/mol. The first kappa shape index (κ1) is 46.2. The zero-order valence-corrected chi connectivity index (χ0v) is 34.5. The zero-order valence-electron chi connectivity index (χ0n) is 34.5. The molecule has 0 saturated carbocycles. The highest BCUT2D eigenvalue weighted by Gasteiger charge is 2.40. The van der Waals surface area contributed by atoms with Gasteiger partial charge in [-0.25, -0.2) is 0 Å². The van der Waals surface area contributed by atoms with Crippen molar-refractivity contribution in [3.8, 4) is 0 Å². The molecule has 1 aromatic carbocycles. The number of nitrogens with zero attached hydrogens (tertiary/aromatic N) is 1. The molecule has 1 aliphatic heterocycles. The molecule has 52 heavy (non-hydrogen) atoms. The van der Waals surface area contributed by atoms with Crippen LogP contribution >= 0.6 is 0 Å². The molecule has 1 saturated heterocycles. The Morgan fingerprint density at radius 1 is 0.654 bits per heavy atom. The van der Waals surface area contributed by atoms with Gasteiger partial charge in [0.2, 0.25) is 0 Å². The predicted octanol–water partition coefficient (Wildman–Crippen LogP) is 12.4. The average molecular weight is 728 g/mol. The van der Waals surface area contributed by atoms with Crippen molar-refractivity contribution in [3.63, 3.8) is 0 Å². The van der Waals surface area contributed by atoms with Gasteiger partial charge in [-0.15, -0.1) is 0 Å². The van der Waals surface area contributed by atoms with E-state index >= 15 is 0 Å². The lowest BCUT2D eigenvalue weighted by molar-refractivity contribution is -0.156. The summed E-state index contributed by atoms with van der Waals surface area (Å²) in [6.45, 7) is 13.7. The Kier molecular flexibility index (Phi) is 27.0. The van der Waals surface area contributed by atoms with Crippen molar-refractivity contribution in [3.05, 3.63) is 35.9 Å². The highest BCUT2D eigenvalue weighted by atomic mass is 16.5. The molecule has 0 radical (unpaired) electrons. The number of unbranched alkanes of at least 4 members (excludes halogenated alkanes) is 12. The number of rotatable bonds is 33. The third kappa shape index (κ3) is 22.3. The van der Waals surface area contributed by atoms with Crippen LogP contribution in [0.1, 0.15) is 194 Å². The fourth-order valence-corrected chi connectivity index (χ4v) is 7.83. The van der Waals surface area contributed by atoms with Crippen LogP contribution in [-0.2, 0) is 30.4 Å². The van der Waals surface area contributed by atoms with E-state index in [0.29, 0.717) is 32.0 Å². The molecule has 2 unspecified atom stereocenters. The fourth-order valence-electron chi connectivity index (χ4n) is 7.83. The number of likely N-dealkylation sites (tertiary alicyclic amines) is 1. The Morgan fingerprint density at radius 3 is 1.87 bits per heavy atom. The molecule has 0 N–H and O–H groups in total. The topological polar surface area (TPSA) is 65.1 Å². The van der Waals surface area contributed by atoms with Crippen LogP contribution in [-0.4, -0.2) is 55.8 Å². The van der Waals surface area contributed by atoms with Gasteiger partial charge in [-0.1, -0.05) is 148 Å². The van der Waals surface area contributed by atoms with Gasteiger partial charge in [-0.05, 0) is 94.3 Å². The number of benzene rings is 1. The fraction of sp³-hybridized carbons (Fsp3) is 0.826. The Balaban J connectivity index is 1.94. The van der Waals surface area contributed by atoms with Crippen LogP contribution in [0.5, 0.6) is 0 Å². The van der Waals surface area contributed by atoms with Crippen LogP contribution in [0.25, 0.3) is 0 Å². The van der Waals surface area contributed by atoms with Crippen molar-refractivity contribution in [2.75, 3.05) is 32.8 Å². The normalized spacial score (nSPS) is 15.7. The summed E-state index contributed by atoms with van der Waals surface area (Å²) in [7, 11) is 0. The first-order valence-electron chi connectivity index (χ1n) is 22.1. The molecule has 1 heterocycles. The number of esters is 2. The first-order chi connectivity index (χ1) is 25.4. The maximum absolute atomic E-state index is 13.7. The van der Waals surface area contributed by atoms with Gasteiger partial charge in [-0.2, -0.15) is 0 Å². The Bertz CT molecular complexity index is 992. The summed E-state index contributed by atoms with van der Waals surface area (Å²) in [6.07, 6.45) is 26.9. The van der Waals surface area contributed by atoms with Crippen molar-refractivity contribution in [1.82, 2.24) is 4.90 Å². The Labute approximate surface area is 320 Å². The smallest absolute Gasteiger partial charge is 0.306 e. The van der Waals surface area contributed by atoms with E-state index in [1.807, 2.05) is 6.07 Å². The molecule has 1 aromatic rings. The minimum atomic E-state index is -0.388. The summed E-state index contributed by atoms with van der Waals surface area (Å²) in [5.74, 6) is 0.365. The van der Waals surface area contributed by atoms with E-state index in [4.69, 9.17) is 14.2 Å². The molecule has 0 bridgehead atoms. The average Bonchev–Trinajstić information content (AvgIpc) is 3.14. The van der Waals surface area contributed by atoms with Crippen LogP contribution in [0.3, 0.4) is 0 Å². The maximum atomic E-state index is 13.7. The van der Waals surface area contributed by atoms with Crippen molar-refractivity contribution in [1.29, 1.82) is 0 Å². The number of hydrogen-bond acceptors (Lipinski definition) is 6. The molecule has 300 valence electrons. The summed E-state index contributed by atoms with van der Waals surface area (Å²) >= 11 is 0. The van der Waals surface area contributed by atoms with E-state index in [1.54, 1.807) is 0 Å². The number of hydrogen-bond donors (Lipinski definition) is 0. The van der Waals surface area contributed by atoms with Crippen molar-refractivity contribution in [2.45, 2.75) is 201 Å². The second-order valence-electron chi connectivity index (χ2n) is 16.1. The van der Waals surface area contributed by atoms with Crippen LogP contribution in [0.2, 0.25) is 0 Å². The number of piperidine rings is 1. The van der Waals surface area contributed by atoms with Crippen LogP contribution in [0.15, 0.2) is 30.3 Å². The highest BCUT2D eigenvalue weighted by Crippen LogP contribution is 2.40. The molecule has 0 aliphatic carbocycles. The number of ether oxygens (including phenoxy) is 3. The van der Waals surface area contributed by atoms with E-state index in [1.165, 1.54) is 89.0 Å². The summed E-state index contributed by atoms with van der Waals surface area (Å²) in [5, 5.41) is 0. The molecular formula is C46H81NO5. The van der Waals surface area contributed by atoms with Gasteiger partial charge in [0, 0.05) is 6.61 Å². The van der Waals surface area contributed by atoms with Crippen molar-refractivity contribution >= 4 is 11.9 Å². The number of carbonyl (C=O) groups is 2. The molecular weight excluding hydrogens is 647 g/mol. The minimum absolute atomic E-state index is 0.00723. The third-order valence-corrected chi connectivity index (χ3v) is 11.5. The first-order valence-corrected chi connectivity index (χ1v) is 22.1. The lowest BCUT2D eigenvalue weighted by atomic mass is 9.73. The van der Waals surface area contributed by atoms with Gasteiger partial charge in [0.15, 0.2) is 0 Å². The van der Waals surface area contributed by atoms with Crippen LogP contribution in [0.4, 0.5) is 0 Å². The van der Waals surface area contributed by atoms with Crippen LogP contribution < -0.4 is 0 Å². The molecule has 6 nitrogen and oxygen atoms in total. The number of carbonyl (C=O) groups excluding carboxylic acids is 2. The molecule has 0 amide bonds. The standard InChI is InChI=1S/C46H81NO5/c1-5-9-12-14-16-22-29-43(28-21-15-13-10-6-2)52-45(49)39-46(38-44(48)51-37-30-41(8-4)25-18-11-7-3)31-34-47(35-32-46)33-23-24-36-50-40-42-26-19-17-20-27-42/h17,19-20,26-27,41,43H,5-16,18,21-25,28-40H2,1-4H3. The molecule has 6 heteroatoms. The van der Waals surface area contributed by atoms with Gasteiger partial charge >= 0.3 is 11.9 Å². The Morgan fingerprint density at radius 2 is 1.23 bits per heavy atom. The van der Waals surface area contributed by atoms with E-state index in [2.05, 4.69) is 56.9 Å². The largest absolute Gasteiger partial charge is 0.466 e. The van der Waals surface area contributed by atoms with Gasteiger partial charge in [0.1, 0.15) is 6.10 Å². The van der Waals surface area contributed by atoms with Crippen molar-refractivity contribution < 1.29 is 23.8 Å². The van der Waals surface area contributed by atoms with E-state index in [9.17, 15) is 9.59 Å². The van der Waals surface area contributed by atoms with E-state index in [-0.39, 0.29) is 23.5 Å². The molecule has 2 atom stereocenters. The highest BCUT2D eigenvalue weighted by molar-refractivity contribution is 5.74. The summed E-state index contributed by atoms with van der Waals surface area (Å²) in [6, 6.07) is 10.3. The van der Waals surface area contributed by atoms with E-state index < -0.39 is 0 Å². The zero-order chi connectivity index (χ0) is 37.5. The van der Waals surface area contributed by atoms with E-state index in [0.717, 1.165) is 90.4 Å². The second-order valence-corrected chi connectivity index (χ2v) is 16.1. The molecule has 0 aromatic heterocycles. The lowest BCUT2D eigenvalue weighted by Gasteiger charge is -2.41. The minimum Gasteiger partial charge on any atom is -0.466 e. The van der Waals surface area contributed by atoms with Crippen LogP contribution in [0, 0.1) is 11.3 Å². The molecule has 0 spiro atoms. The van der Waals surface area contributed by atoms with Crippen molar-refractivity contribution in [2.24, 2.45) is 11.3 Å². The summed E-state index contributed by atoms with van der Waals surface area (Å²) in [5.41, 5.74) is 0.824. The summed E-state index contributed by atoms with van der Waals surface area (Å²) in [4.78, 5) is 29.6. The Hall–Kier alpha value is -1.92. The molecule has 2 rings (SSSR count). The lowest BCUT2D eigenvalue weighted by Crippen LogP contribution is -2.43. The van der Waals surface area contributed by atoms with Gasteiger partial charge in [0.25, 0.3) is 0 Å². The SMILES string of the molecule is CCCCCCCCC(CCCCCCC)OC(=O)CC1(CC(=O)OCCC(CC)CCCCC)CCN(CCCCOCc2ccccc2)CC1. The van der Waals surface area contributed by atoms with Gasteiger partial charge < -0.3 is 19.1 Å². The van der Waals surface area contributed by atoms with Gasteiger partial charge in [0.05, 0.1) is 26.1 Å². The van der Waals surface area contributed by atoms with Gasteiger partial charge in [-0.3, -0.25) is 9.59 Å². The monoisotopic (exact) mass is 728 g/mol. The maximum Gasteiger partial charge on any atom is 0.306 e. The second kappa shape index (κ2) is 30.4. The molecule has 1 aliphatic rings. The summed E-state index contributed by atoms with van der Waals surface area (Å²) < 4.78 is 18.1.